The quantitative estimate of drug-likeness (QED) is 0.860. The largest absolute Gasteiger partial charge is 0.309 e. The molecule has 5 heteroatoms. The first-order valence-electron chi connectivity index (χ1n) is 6.23. The maximum Gasteiger partial charge on any atom is 0.242 e. The van der Waals surface area contributed by atoms with Crippen LogP contribution < -0.4 is 10.6 Å². The summed E-state index contributed by atoms with van der Waals surface area (Å²) in [6.07, 6.45) is 3.55. The average molecular weight is 268 g/mol. The fraction of sp³-hybridized carbons (Fsp3) is 0.538. The standard InChI is InChI=1S/C13H17N3O.ClH/c1-8-3-2-4-11(14-8)16-13(17)12-9-5-6-10(7-9)15-12;/h2-4,9-10,12,15H,5-7H2,1H3,(H,14,16,17);1H/t9-,10+,12-;/m0./s1. The van der Waals surface area contributed by atoms with E-state index in [4.69, 9.17) is 0 Å². The maximum atomic E-state index is 12.1. The molecular formula is C13H18ClN3O. The Bertz CT molecular complexity index is 452. The van der Waals surface area contributed by atoms with Gasteiger partial charge in [-0.2, -0.15) is 0 Å². The summed E-state index contributed by atoms with van der Waals surface area (Å²) in [7, 11) is 0. The van der Waals surface area contributed by atoms with Crippen molar-refractivity contribution in [3.63, 3.8) is 0 Å². The Kier molecular flexibility index (Phi) is 3.88. The van der Waals surface area contributed by atoms with Gasteiger partial charge < -0.3 is 10.6 Å². The van der Waals surface area contributed by atoms with E-state index in [0.29, 0.717) is 17.8 Å². The lowest BCUT2D eigenvalue weighted by atomic mass is 9.99. The van der Waals surface area contributed by atoms with E-state index in [2.05, 4.69) is 15.6 Å². The fourth-order valence-corrected chi connectivity index (χ4v) is 2.97. The average Bonchev–Trinajstić information content (AvgIpc) is 2.90. The number of carbonyl (C=O) groups excluding carboxylic acids is 1. The topological polar surface area (TPSA) is 54.0 Å². The third-order valence-electron chi connectivity index (χ3n) is 3.78. The highest BCUT2D eigenvalue weighted by molar-refractivity contribution is 5.94. The Morgan fingerprint density at radius 3 is 2.89 bits per heavy atom. The number of hydrogen-bond acceptors (Lipinski definition) is 3. The minimum atomic E-state index is -0.0175. The Balaban J connectivity index is 0.00000120. The molecular weight excluding hydrogens is 250 g/mol. The molecule has 2 heterocycles. The molecule has 4 nitrogen and oxygen atoms in total. The van der Waals surface area contributed by atoms with Crippen molar-refractivity contribution in [2.75, 3.05) is 5.32 Å². The monoisotopic (exact) mass is 267 g/mol. The summed E-state index contributed by atoms with van der Waals surface area (Å²) in [5.41, 5.74) is 0.920. The van der Waals surface area contributed by atoms with Gasteiger partial charge in [-0.05, 0) is 44.2 Å². The number of anilines is 1. The number of nitrogens with one attached hydrogen (secondary N) is 2. The number of pyridine rings is 1. The van der Waals surface area contributed by atoms with Crippen molar-refractivity contribution in [2.24, 2.45) is 5.92 Å². The number of aryl methyl sites for hydroxylation is 1. The molecule has 0 spiro atoms. The molecule has 1 aliphatic heterocycles. The first kappa shape index (κ1) is 13.3. The molecule has 0 aromatic carbocycles. The zero-order valence-electron chi connectivity index (χ0n) is 10.3. The number of hydrogen-bond donors (Lipinski definition) is 2. The second-order valence-corrected chi connectivity index (χ2v) is 5.07. The van der Waals surface area contributed by atoms with Crippen molar-refractivity contribution in [1.82, 2.24) is 10.3 Å². The van der Waals surface area contributed by atoms with E-state index in [0.717, 1.165) is 12.1 Å². The van der Waals surface area contributed by atoms with E-state index in [1.165, 1.54) is 12.8 Å². The van der Waals surface area contributed by atoms with Crippen LogP contribution >= 0.6 is 12.4 Å². The lowest BCUT2D eigenvalue weighted by Gasteiger charge is -2.21. The van der Waals surface area contributed by atoms with Crippen LogP contribution in [0.2, 0.25) is 0 Å². The van der Waals surface area contributed by atoms with Gasteiger partial charge in [-0.3, -0.25) is 4.79 Å². The van der Waals surface area contributed by atoms with Crippen LogP contribution in [0.3, 0.4) is 0 Å². The Labute approximate surface area is 113 Å². The summed E-state index contributed by atoms with van der Waals surface area (Å²) in [5.74, 6) is 1.24. The molecule has 3 rings (SSSR count). The second-order valence-electron chi connectivity index (χ2n) is 5.07. The molecule has 2 fully saturated rings. The maximum absolute atomic E-state index is 12.1. The van der Waals surface area contributed by atoms with Gasteiger partial charge in [0.1, 0.15) is 5.82 Å². The number of piperidine rings is 1. The fourth-order valence-electron chi connectivity index (χ4n) is 2.97. The van der Waals surface area contributed by atoms with E-state index < -0.39 is 0 Å². The van der Waals surface area contributed by atoms with Crippen LogP contribution in [0.1, 0.15) is 25.0 Å². The van der Waals surface area contributed by atoms with Crippen LogP contribution in [0, 0.1) is 12.8 Å². The van der Waals surface area contributed by atoms with Crippen LogP contribution in [-0.2, 0) is 4.79 Å². The van der Waals surface area contributed by atoms with Crippen molar-refractivity contribution in [3.05, 3.63) is 23.9 Å². The first-order chi connectivity index (χ1) is 8.22. The van der Waals surface area contributed by atoms with Crippen molar-refractivity contribution >= 4 is 24.1 Å². The predicted molar refractivity (Wildman–Crippen MR) is 72.9 cm³/mol. The molecule has 1 saturated carbocycles. The van der Waals surface area contributed by atoms with Gasteiger partial charge in [-0.15, -0.1) is 12.4 Å². The molecule has 18 heavy (non-hydrogen) atoms. The van der Waals surface area contributed by atoms with Gasteiger partial charge >= 0.3 is 0 Å². The molecule has 1 aromatic heterocycles. The summed E-state index contributed by atoms with van der Waals surface area (Å²) < 4.78 is 0. The Hall–Kier alpha value is -1.13. The van der Waals surface area contributed by atoms with E-state index >= 15 is 0 Å². The molecule has 2 bridgehead atoms. The minimum Gasteiger partial charge on any atom is -0.309 e. The van der Waals surface area contributed by atoms with Gasteiger partial charge in [0.2, 0.25) is 5.91 Å². The predicted octanol–water partition coefficient (Wildman–Crippen LogP) is 1.89. The lowest BCUT2D eigenvalue weighted by Crippen LogP contribution is -2.44. The zero-order valence-corrected chi connectivity index (χ0v) is 11.2. The van der Waals surface area contributed by atoms with Gasteiger partial charge in [0, 0.05) is 11.7 Å². The van der Waals surface area contributed by atoms with Crippen LogP contribution in [0.5, 0.6) is 0 Å². The number of carbonyl (C=O) groups is 1. The lowest BCUT2D eigenvalue weighted by molar-refractivity contribution is -0.119. The smallest absolute Gasteiger partial charge is 0.242 e. The Morgan fingerprint density at radius 2 is 2.28 bits per heavy atom. The van der Waals surface area contributed by atoms with Crippen LogP contribution in [0.4, 0.5) is 5.82 Å². The van der Waals surface area contributed by atoms with Crippen LogP contribution in [0.25, 0.3) is 0 Å². The summed E-state index contributed by atoms with van der Waals surface area (Å²) in [5, 5.41) is 6.28. The van der Waals surface area contributed by atoms with Crippen molar-refractivity contribution in [3.8, 4) is 0 Å². The van der Waals surface area contributed by atoms with Gasteiger partial charge in [0.05, 0.1) is 6.04 Å². The molecule has 2 N–H and O–H groups in total. The second kappa shape index (κ2) is 5.24. The highest BCUT2D eigenvalue weighted by Crippen LogP contribution is 2.35. The van der Waals surface area contributed by atoms with Crippen molar-refractivity contribution < 1.29 is 4.79 Å². The zero-order chi connectivity index (χ0) is 11.8. The summed E-state index contributed by atoms with van der Waals surface area (Å²) in [6, 6.07) is 6.20. The normalized spacial score (nSPS) is 28.8. The SMILES string of the molecule is Cc1cccc(NC(=O)[C@H]2N[C@@H]3CC[C@H]2C3)n1.Cl. The number of aromatic nitrogens is 1. The third kappa shape index (κ3) is 2.49. The molecule has 0 unspecified atom stereocenters. The minimum absolute atomic E-state index is 0. The number of amides is 1. The van der Waals surface area contributed by atoms with Crippen LogP contribution in [-0.4, -0.2) is 23.0 Å². The molecule has 98 valence electrons. The van der Waals surface area contributed by atoms with Gasteiger partial charge in [0.25, 0.3) is 0 Å². The molecule has 2 aliphatic rings. The molecule has 1 aromatic rings. The van der Waals surface area contributed by atoms with Crippen molar-refractivity contribution in [1.29, 1.82) is 0 Å². The highest BCUT2D eigenvalue weighted by Gasteiger charge is 2.42. The van der Waals surface area contributed by atoms with Gasteiger partial charge in [0.15, 0.2) is 0 Å². The summed E-state index contributed by atoms with van der Waals surface area (Å²) in [4.78, 5) is 16.4. The molecule has 1 amide bonds. The van der Waals surface area contributed by atoms with E-state index in [-0.39, 0.29) is 24.4 Å². The summed E-state index contributed by atoms with van der Waals surface area (Å²) in [6.45, 7) is 1.92. The number of nitrogens with zero attached hydrogens (tertiary/aromatic N) is 1. The summed E-state index contributed by atoms with van der Waals surface area (Å²) >= 11 is 0. The Morgan fingerprint density at radius 1 is 1.44 bits per heavy atom. The van der Waals surface area contributed by atoms with Gasteiger partial charge in [-0.1, -0.05) is 6.07 Å². The first-order valence-corrected chi connectivity index (χ1v) is 6.23. The molecule has 0 radical (unpaired) electrons. The van der Waals surface area contributed by atoms with Crippen molar-refractivity contribution in [2.45, 2.75) is 38.3 Å². The molecule has 3 atom stereocenters. The number of halogens is 1. The third-order valence-corrected chi connectivity index (χ3v) is 3.78. The number of rotatable bonds is 2. The van der Waals surface area contributed by atoms with Crippen LogP contribution in [0.15, 0.2) is 18.2 Å². The molecule has 1 aliphatic carbocycles. The molecule has 1 saturated heterocycles. The number of fused-ring (bicyclic) bond motifs is 2. The van der Waals surface area contributed by atoms with E-state index in [1.807, 2.05) is 25.1 Å². The van der Waals surface area contributed by atoms with E-state index in [1.54, 1.807) is 0 Å². The van der Waals surface area contributed by atoms with E-state index in [9.17, 15) is 4.79 Å². The van der Waals surface area contributed by atoms with Gasteiger partial charge in [-0.25, -0.2) is 4.98 Å². The highest BCUT2D eigenvalue weighted by atomic mass is 35.5.